The van der Waals surface area contributed by atoms with Gasteiger partial charge < -0.3 is 4.74 Å². The maximum atomic E-state index is 13.7. The van der Waals surface area contributed by atoms with Crippen molar-refractivity contribution in [3.8, 4) is 0 Å². The van der Waals surface area contributed by atoms with E-state index in [1.165, 1.54) is 23.9 Å². The Morgan fingerprint density at radius 1 is 1.41 bits per heavy atom. The van der Waals surface area contributed by atoms with Gasteiger partial charge >= 0.3 is 5.97 Å². The number of esters is 1. The number of thioether (sulfide) groups is 1. The lowest BCUT2D eigenvalue weighted by Crippen LogP contribution is -2.23. The second-order valence-electron chi connectivity index (χ2n) is 4.92. The fourth-order valence-corrected chi connectivity index (χ4v) is 3.63. The summed E-state index contributed by atoms with van der Waals surface area (Å²) < 4.78 is 19.4. The Morgan fingerprint density at radius 2 is 2.05 bits per heavy atom. The van der Waals surface area contributed by atoms with E-state index in [9.17, 15) is 14.0 Å². The molecule has 0 saturated heterocycles. The van der Waals surface area contributed by atoms with Gasteiger partial charge in [0.1, 0.15) is 11.1 Å². The molecule has 0 aliphatic heterocycles. The monoisotopic (exact) mass is 410 g/mol. The van der Waals surface area contributed by atoms with Crippen molar-refractivity contribution in [1.82, 2.24) is 0 Å². The molecule has 3 nitrogen and oxygen atoms in total. The summed E-state index contributed by atoms with van der Waals surface area (Å²) in [6, 6.07) is 2.53. The van der Waals surface area contributed by atoms with Gasteiger partial charge in [0.05, 0.1) is 11.7 Å². The Balaban J connectivity index is 3.05. The number of carbonyl (C=O) groups excluding carboxylic acids is 2. The summed E-state index contributed by atoms with van der Waals surface area (Å²) in [5, 5.41) is -1.30. The minimum Gasteiger partial charge on any atom is -0.462 e. The maximum Gasteiger partial charge on any atom is 0.319 e. The molecule has 0 amide bonds. The third kappa shape index (κ3) is 5.56. The molecule has 0 radical (unpaired) electrons. The molecule has 1 aromatic rings. The molecule has 0 heterocycles. The number of hydrogen-bond acceptors (Lipinski definition) is 4. The Labute approximate surface area is 147 Å². The molecule has 0 aliphatic rings. The Morgan fingerprint density at radius 3 is 2.55 bits per heavy atom. The SMILES string of the molecule is CCCC(Sc1cc(C(=O)Cl)c(F)cc1Br)C(=O)OC(C)C. The van der Waals surface area contributed by atoms with Crippen molar-refractivity contribution < 1.29 is 18.7 Å². The molecule has 22 heavy (non-hydrogen) atoms. The van der Waals surface area contributed by atoms with Gasteiger partial charge in [-0.1, -0.05) is 13.3 Å². The van der Waals surface area contributed by atoms with Crippen molar-refractivity contribution in [1.29, 1.82) is 0 Å². The first-order valence-corrected chi connectivity index (χ1v) is 8.87. The van der Waals surface area contributed by atoms with Gasteiger partial charge in [-0.2, -0.15) is 0 Å². The highest BCUT2D eigenvalue weighted by Gasteiger charge is 2.24. The second kappa shape index (κ2) is 8.89. The van der Waals surface area contributed by atoms with E-state index in [1.807, 2.05) is 6.92 Å². The van der Waals surface area contributed by atoms with Gasteiger partial charge in [0.2, 0.25) is 0 Å². The molecular formula is C15H17BrClFO3S. The molecular weight excluding hydrogens is 395 g/mol. The maximum absolute atomic E-state index is 13.7. The summed E-state index contributed by atoms with van der Waals surface area (Å²) in [5.41, 5.74) is -0.208. The summed E-state index contributed by atoms with van der Waals surface area (Å²) >= 11 is 9.84. The third-order valence-corrected chi connectivity index (χ3v) is 5.09. The van der Waals surface area contributed by atoms with Gasteiger partial charge in [-0.15, -0.1) is 11.8 Å². The Kier molecular flexibility index (Phi) is 7.86. The van der Waals surface area contributed by atoms with E-state index in [0.29, 0.717) is 15.8 Å². The average molecular weight is 412 g/mol. The van der Waals surface area contributed by atoms with Crippen LogP contribution in [0.1, 0.15) is 44.0 Å². The van der Waals surface area contributed by atoms with Gasteiger partial charge in [0.15, 0.2) is 0 Å². The molecule has 0 aromatic heterocycles. The molecule has 1 atom stereocenters. The van der Waals surface area contributed by atoms with Crippen molar-refractivity contribution in [3.63, 3.8) is 0 Å². The molecule has 0 aliphatic carbocycles. The Hall–Kier alpha value is -0.590. The van der Waals surface area contributed by atoms with Crippen LogP contribution in [0.2, 0.25) is 0 Å². The van der Waals surface area contributed by atoms with Gasteiger partial charge in [0, 0.05) is 9.37 Å². The lowest BCUT2D eigenvalue weighted by molar-refractivity contribution is -0.146. The average Bonchev–Trinajstić information content (AvgIpc) is 2.39. The minimum atomic E-state index is -0.872. The highest BCUT2D eigenvalue weighted by molar-refractivity contribution is 9.10. The molecule has 0 bridgehead atoms. The predicted molar refractivity (Wildman–Crippen MR) is 90.1 cm³/mol. The third-order valence-electron chi connectivity index (χ3n) is 2.67. The number of rotatable bonds is 7. The number of ether oxygens (including phenoxy) is 1. The zero-order valence-electron chi connectivity index (χ0n) is 12.5. The zero-order valence-corrected chi connectivity index (χ0v) is 15.6. The van der Waals surface area contributed by atoms with Crippen LogP contribution in [0.5, 0.6) is 0 Å². The first kappa shape index (κ1) is 19.5. The van der Waals surface area contributed by atoms with Crippen LogP contribution in [0.4, 0.5) is 4.39 Å². The number of carbonyl (C=O) groups is 2. The van der Waals surface area contributed by atoms with Gasteiger partial charge in [-0.3, -0.25) is 9.59 Å². The van der Waals surface area contributed by atoms with Crippen molar-refractivity contribution in [2.24, 2.45) is 0 Å². The highest BCUT2D eigenvalue weighted by Crippen LogP contribution is 2.35. The van der Waals surface area contributed by atoms with Crippen LogP contribution in [0.25, 0.3) is 0 Å². The molecule has 1 rings (SSSR count). The van der Waals surface area contributed by atoms with E-state index >= 15 is 0 Å². The number of halogens is 3. The van der Waals surface area contributed by atoms with Crippen LogP contribution < -0.4 is 0 Å². The van der Waals surface area contributed by atoms with Gasteiger partial charge in [-0.05, 0) is 59.9 Å². The van der Waals surface area contributed by atoms with Crippen LogP contribution in [0, 0.1) is 5.82 Å². The van der Waals surface area contributed by atoms with Crippen LogP contribution >= 0.6 is 39.3 Å². The van der Waals surface area contributed by atoms with E-state index in [-0.39, 0.29) is 17.6 Å². The fraction of sp³-hybridized carbons (Fsp3) is 0.467. The largest absolute Gasteiger partial charge is 0.462 e. The Bertz CT molecular complexity index is 566. The summed E-state index contributed by atoms with van der Waals surface area (Å²) in [6.07, 6.45) is 1.21. The molecule has 0 fully saturated rings. The van der Waals surface area contributed by atoms with Crippen molar-refractivity contribution in [3.05, 3.63) is 28.0 Å². The van der Waals surface area contributed by atoms with Crippen molar-refractivity contribution >= 4 is 50.5 Å². The first-order valence-electron chi connectivity index (χ1n) is 6.82. The van der Waals surface area contributed by atoms with Crippen molar-refractivity contribution in [2.45, 2.75) is 49.9 Å². The lowest BCUT2D eigenvalue weighted by atomic mass is 10.2. The summed E-state index contributed by atoms with van der Waals surface area (Å²) in [6.45, 7) is 5.52. The van der Waals surface area contributed by atoms with E-state index < -0.39 is 16.3 Å². The quantitative estimate of drug-likeness (QED) is 0.352. The molecule has 1 unspecified atom stereocenters. The van der Waals surface area contributed by atoms with Crippen LogP contribution in [-0.2, 0) is 9.53 Å². The zero-order chi connectivity index (χ0) is 16.9. The topological polar surface area (TPSA) is 43.4 Å². The molecule has 0 N–H and O–H groups in total. The van der Waals surface area contributed by atoms with Gasteiger partial charge in [0.25, 0.3) is 5.24 Å². The molecule has 1 aromatic carbocycles. The summed E-state index contributed by atoms with van der Waals surface area (Å²) in [5.74, 6) is -1.02. The highest BCUT2D eigenvalue weighted by atomic mass is 79.9. The van der Waals surface area contributed by atoms with E-state index in [4.69, 9.17) is 16.3 Å². The van der Waals surface area contributed by atoms with E-state index in [2.05, 4.69) is 15.9 Å². The standard InChI is InChI=1S/C15H17BrClFO3S/c1-4-5-12(15(20)21-8(2)3)22-13-6-9(14(17)19)11(18)7-10(13)16/h6-8,12H,4-5H2,1-3H3. The summed E-state index contributed by atoms with van der Waals surface area (Å²) in [4.78, 5) is 23.9. The first-order chi connectivity index (χ1) is 10.3. The molecule has 122 valence electrons. The van der Waals surface area contributed by atoms with Crippen LogP contribution in [-0.4, -0.2) is 22.6 Å². The lowest BCUT2D eigenvalue weighted by Gasteiger charge is -2.18. The van der Waals surface area contributed by atoms with Crippen LogP contribution in [0.15, 0.2) is 21.5 Å². The predicted octanol–water partition coefficient (Wildman–Crippen LogP) is 5.18. The fourth-order valence-electron chi connectivity index (χ4n) is 1.72. The molecule has 7 heteroatoms. The number of hydrogen-bond donors (Lipinski definition) is 0. The van der Waals surface area contributed by atoms with Crippen LogP contribution in [0.3, 0.4) is 0 Å². The van der Waals surface area contributed by atoms with Crippen molar-refractivity contribution in [2.75, 3.05) is 0 Å². The smallest absolute Gasteiger partial charge is 0.319 e. The molecule has 0 saturated carbocycles. The number of benzene rings is 1. The van der Waals surface area contributed by atoms with E-state index in [1.54, 1.807) is 13.8 Å². The minimum absolute atomic E-state index is 0.205. The van der Waals surface area contributed by atoms with E-state index in [0.717, 1.165) is 6.42 Å². The second-order valence-corrected chi connectivity index (χ2v) is 7.36. The van der Waals surface area contributed by atoms with Gasteiger partial charge in [-0.25, -0.2) is 4.39 Å². The summed E-state index contributed by atoms with van der Waals surface area (Å²) in [7, 11) is 0. The normalized spacial score (nSPS) is 12.3. The molecule has 0 spiro atoms.